The van der Waals surface area contributed by atoms with Gasteiger partial charge in [0.25, 0.3) is 0 Å². The number of nitrogens with zero attached hydrogens (tertiary/aromatic N) is 1. The lowest BCUT2D eigenvalue weighted by Crippen LogP contribution is -2.34. The molecule has 1 fully saturated rings. The van der Waals surface area contributed by atoms with Crippen molar-refractivity contribution in [2.75, 3.05) is 6.54 Å². The molecule has 1 heterocycles. The summed E-state index contributed by atoms with van der Waals surface area (Å²) in [5.41, 5.74) is 1.65. The molecule has 4 heteroatoms. The van der Waals surface area contributed by atoms with E-state index in [0.29, 0.717) is 12.5 Å². The molecule has 1 saturated carbocycles. The van der Waals surface area contributed by atoms with Crippen LogP contribution >= 0.6 is 0 Å². The van der Waals surface area contributed by atoms with Crippen LogP contribution in [0.25, 0.3) is 17.0 Å². The molecule has 1 aliphatic rings. The van der Waals surface area contributed by atoms with Gasteiger partial charge in [-0.1, -0.05) is 37.1 Å². The van der Waals surface area contributed by atoms with Crippen molar-refractivity contribution >= 4 is 22.9 Å². The van der Waals surface area contributed by atoms with E-state index in [1.807, 2.05) is 36.4 Å². The van der Waals surface area contributed by atoms with Crippen molar-refractivity contribution in [3.05, 3.63) is 48.2 Å². The summed E-state index contributed by atoms with van der Waals surface area (Å²) < 4.78 is 0. The molecule has 0 spiro atoms. The summed E-state index contributed by atoms with van der Waals surface area (Å²) in [5.74, 6) is 0.137. The van der Waals surface area contributed by atoms with E-state index < -0.39 is 6.10 Å². The molecular weight excluding hydrogens is 288 g/mol. The number of fused-ring (bicyclic) bond motifs is 1. The Morgan fingerprint density at radius 1 is 1.26 bits per heavy atom. The number of aliphatic hydroxyl groups excluding tert-OH is 1. The van der Waals surface area contributed by atoms with Gasteiger partial charge >= 0.3 is 0 Å². The Bertz CT molecular complexity index is 705. The number of amides is 1. The second kappa shape index (κ2) is 7.38. The van der Waals surface area contributed by atoms with Gasteiger partial charge in [-0.05, 0) is 37.0 Å². The standard InChI is InChI=1S/C19H22N2O2/c22-18(15-6-1-2-7-15)13-20-19(23)12-11-16-10-9-14-5-3-4-8-17(14)21-16/h3-5,8-12,15,18,22H,1-2,6-7,13H2,(H,20,23)/b12-11+. The lowest BCUT2D eigenvalue weighted by molar-refractivity contribution is -0.117. The number of hydrogen-bond acceptors (Lipinski definition) is 3. The van der Waals surface area contributed by atoms with Crippen molar-refractivity contribution in [2.45, 2.75) is 31.8 Å². The monoisotopic (exact) mass is 310 g/mol. The number of aromatic nitrogens is 1. The summed E-state index contributed by atoms with van der Waals surface area (Å²) in [6.45, 7) is 0.318. The minimum absolute atomic E-state index is 0.197. The van der Waals surface area contributed by atoms with E-state index >= 15 is 0 Å². The smallest absolute Gasteiger partial charge is 0.244 e. The highest BCUT2D eigenvalue weighted by atomic mass is 16.3. The number of nitrogens with one attached hydrogen (secondary N) is 1. The molecule has 2 aromatic rings. The molecule has 0 bridgehead atoms. The Labute approximate surface area is 136 Å². The highest BCUT2D eigenvalue weighted by Gasteiger charge is 2.22. The van der Waals surface area contributed by atoms with Gasteiger partial charge in [-0.2, -0.15) is 0 Å². The lowest BCUT2D eigenvalue weighted by Gasteiger charge is -2.17. The number of aliphatic hydroxyl groups is 1. The predicted molar refractivity (Wildman–Crippen MR) is 91.8 cm³/mol. The van der Waals surface area contributed by atoms with Crippen LogP contribution in [-0.4, -0.2) is 28.6 Å². The van der Waals surface area contributed by atoms with Crippen LogP contribution in [0.1, 0.15) is 31.4 Å². The van der Waals surface area contributed by atoms with E-state index in [0.717, 1.165) is 29.4 Å². The van der Waals surface area contributed by atoms with Gasteiger partial charge in [0.05, 0.1) is 17.3 Å². The van der Waals surface area contributed by atoms with Crippen LogP contribution < -0.4 is 5.32 Å². The maximum Gasteiger partial charge on any atom is 0.244 e. The molecule has 2 N–H and O–H groups in total. The van der Waals surface area contributed by atoms with Crippen LogP contribution in [0, 0.1) is 5.92 Å². The molecule has 1 atom stereocenters. The minimum atomic E-state index is -0.436. The molecule has 0 radical (unpaired) electrons. The van der Waals surface area contributed by atoms with Crippen LogP contribution in [0.4, 0.5) is 0 Å². The van der Waals surface area contributed by atoms with Crippen LogP contribution in [-0.2, 0) is 4.79 Å². The van der Waals surface area contributed by atoms with Crippen molar-refractivity contribution in [3.8, 4) is 0 Å². The van der Waals surface area contributed by atoms with Crippen molar-refractivity contribution in [1.29, 1.82) is 0 Å². The van der Waals surface area contributed by atoms with Crippen molar-refractivity contribution in [1.82, 2.24) is 10.3 Å². The molecule has 120 valence electrons. The third-order valence-electron chi connectivity index (χ3n) is 4.45. The fourth-order valence-electron chi connectivity index (χ4n) is 3.11. The van der Waals surface area contributed by atoms with Gasteiger partial charge in [0.15, 0.2) is 0 Å². The third-order valence-corrected chi connectivity index (χ3v) is 4.45. The average molecular weight is 310 g/mol. The van der Waals surface area contributed by atoms with Crippen LogP contribution in [0.5, 0.6) is 0 Å². The summed E-state index contributed by atoms with van der Waals surface area (Å²) in [7, 11) is 0. The normalized spacial score (nSPS) is 16.9. The molecule has 0 aliphatic heterocycles. The Morgan fingerprint density at radius 3 is 2.87 bits per heavy atom. The number of hydrogen-bond donors (Lipinski definition) is 2. The Hall–Kier alpha value is -2.20. The summed E-state index contributed by atoms with van der Waals surface area (Å²) in [4.78, 5) is 16.4. The van der Waals surface area contributed by atoms with E-state index in [4.69, 9.17) is 0 Å². The first-order valence-corrected chi connectivity index (χ1v) is 8.22. The number of pyridine rings is 1. The molecule has 23 heavy (non-hydrogen) atoms. The zero-order valence-corrected chi connectivity index (χ0v) is 13.1. The number of benzene rings is 1. The largest absolute Gasteiger partial charge is 0.391 e. The highest BCUT2D eigenvalue weighted by molar-refractivity contribution is 5.91. The Kier molecular flexibility index (Phi) is 5.03. The van der Waals surface area contributed by atoms with Crippen LogP contribution in [0.15, 0.2) is 42.5 Å². The number of carbonyl (C=O) groups excluding carboxylic acids is 1. The van der Waals surface area contributed by atoms with E-state index in [1.165, 1.54) is 18.9 Å². The predicted octanol–water partition coefficient (Wildman–Crippen LogP) is 2.92. The Morgan fingerprint density at radius 2 is 2.04 bits per heavy atom. The average Bonchev–Trinajstić information content (AvgIpc) is 3.12. The fourth-order valence-corrected chi connectivity index (χ4v) is 3.11. The van der Waals surface area contributed by atoms with E-state index in [-0.39, 0.29) is 5.91 Å². The number of para-hydroxylation sites is 1. The molecule has 4 nitrogen and oxygen atoms in total. The number of carbonyl (C=O) groups is 1. The second-order valence-electron chi connectivity index (χ2n) is 6.12. The molecule has 1 unspecified atom stereocenters. The topological polar surface area (TPSA) is 62.2 Å². The van der Waals surface area contributed by atoms with Gasteiger partial charge < -0.3 is 10.4 Å². The maximum absolute atomic E-state index is 11.9. The Balaban J connectivity index is 1.54. The van der Waals surface area contributed by atoms with Gasteiger partial charge in [0, 0.05) is 18.0 Å². The third kappa shape index (κ3) is 4.17. The zero-order valence-electron chi connectivity index (χ0n) is 13.1. The van der Waals surface area contributed by atoms with Gasteiger partial charge in [-0.3, -0.25) is 4.79 Å². The maximum atomic E-state index is 11.9. The molecule has 3 rings (SSSR count). The first-order chi connectivity index (χ1) is 11.2. The zero-order chi connectivity index (χ0) is 16.1. The summed E-state index contributed by atoms with van der Waals surface area (Å²) >= 11 is 0. The summed E-state index contributed by atoms with van der Waals surface area (Å²) in [6.07, 6.45) is 7.23. The quantitative estimate of drug-likeness (QED) is 0.835. The summed E-state index contributed by atoms with van der Waals surface area (Å²) in [6, 6.07) is 11.8. The first kappa shape index (κ1) is 15.7. The van der Waals surface area contributed by atoms with Crippen molar-refractivity contribution in [3.63, 3.8) is 0 Å². The van der Waals surface area contributed by atoms with E-state index in [1.54, 1.807) is 6.08 Å². The molecule has 1 aromatic heterocycles. The first-order valence-electron chi connectivity index (χ1n) is 8.22. The van der Waals surface area contributed by atoms with Gasteiger partial charge in [0.2, 0.25) is 5.91 Å². The van der Waals surface area contributed by atoms with Gasteiger partial charge in [-0.15, -0.1) is 0 Å². The summed E-state index contributed by atoms with van der Waals surface area (Å²) in [5, 5.41) is 13.9. The SMILES string of the molecule is O=C(/C=C/c1ccc2ccccc2n1)NCC(O)C1CCCC1. The molecule has 0 saturated heterocycles. The number of rotatable bonds is 5. The van der Waals surface area contributed by atoms with Gasteiger partial charge in [0.1, 0.15) is 0 Å². The molecule has 1 amide bonds. The second-order valence-corrected chi connectivity index (χ2v) is 6.12. The van der Waals surface area contributed by atoms with Crippen LogP contribution in [0.3, 0.4) is 0 Å². The molecule has 1 aromatic carbocycles. The molecule has 1 aliphatic carbocycles. The van der Waals surface area contributed by atoms with E-state index in [9.17, 15) is 9.90 Å². The van der Waals surface area contributed by atoms with E-state index in [2.05, 4.69) is 10.3 Å². The highest BCUT2D eigenvalue weighted by Crippen LogP contribution is 2.27. The molecular formula is C19H22N2O2. The van der Waals surface area contributed by atoms with Crippen molar-refractivity contribution in [2.24, 2.45) is 5.92 Å². The van der Waals surface area contributed by atoms with Gasteiger partial charge in [-0.25, -0.2) is 4.98 Å². The van der Waals surface area contributed by atoms with Crippen LogP contribution in [0.2, 0.25) is 0 Å². The lowest BCUT2D eigenvalue weighted by atomic mass is 10.0. The minimum Gasteiger partial charge on any atom is -0.391 e. The van der Waals surface area contributed by atoms with Crippen molar-refractivity contribution < 1.29 is 9.90 Å². The fraction of sp³-hybridized carbons (Fsp3) is 0.368.